The Morgan fingerprint density at radius 2 is 2.22 bits per heavy atom. The number of hydrogen-bond donors (Lipinski definition) is 2. The number of nitrogens with one attached hydrogen (secondary N) is 2. The van der Waals surface area contributed by atoms with E-state index >= 15 is 0 Å². The number of hydrogen-bond acceptors (Lipinski definition) is 4. The van der Waals surface area contributed by atoms with Crippen LogP contribution < -0.4 is 10.0 Å². The van der Waals surface area contributed by atoms with Gasteiger partial charge in [0.15, 0.2) is 0 Å². The van der Waals surface area contributed by atoms with E-state index in [9.17, 15) is 8.42 Å². The number of rotatable bonds is 4. The summed E-state index contributed by atoms with van der Waals surface area (Å²) in [6.07, 6.45) is 3.38. The summed E-state index contributed by atoms with van der Waals surface area (Å²) in [7, 11) is -3.06. The zero-order chi connectivity index (χ0) is 12.5. The van der Waals surface area contributed by atoms with Crippen LogP contribution >= 0.6 is 12.4 Å². The predicted octanol–water partition coefficient (Wildman–Crippen LogP) is 0.0313. The Kier molecular flexibility index (Phi) is 5.44. The van der Waals surface area contributed by atoms with Crippen LogP contribution in [0.5, 0.6) is 0 Å². The molecule has 2 rings (SSSR count). The summed E-state index contributed by atoms with van der Waals surface area (Å²) in [5, 5.41) is 3.40. The molecule has 2 aliphatic rings. The lowest BCUT2D eigenvalue weighted by Crippen LogP contribution is -2.40. The van der Waals surface area contributed by atoms with E-state index in [0.29, 0.717) is 5.41 Å². The highest BCUT2D eigenvalue weighted by molar-refractivity contribution is 7.88. The van der Waals surface area contributed by atoms with E-state index in [-0.39, 0.29) is 18.4 Å². The Hall–Kier alpha value is 0.120. The molecule has 5 nitrogen and oxygen atoms in total. The van der Waals surface area contributed by atoms with Gasteiger partial charge in [-0.1, -0.05) is 6.92 Å². The molecular weight excluding hydrogens is 274 g/mol. The Labute approximate surface area is 116 Å². The minimum absolute atomic E-state index is 0. The van der Waals surface area contributed by atoms with Crippen LogP contribution in [0, 0.1) is 5.41 Å². The van der Waals surface area contributed by atoms with Crippen molar-refractivity contribution in [3.05, 3.63) is 0 Å². The SMILES string of the molecule is CC1(CN2CCC(NS(C)(=O)=O)C2)CCNC1.Cl. The van der Waals surface area contributed by atoms with Crippen molar-refractivity contribution in [3.8, 4) is 0 Å². The van der Waals surface area contributed by atoms with Crippen molar-refractivity contribution in [1.82, 2.24) is 14.9 Å². The van der Waals surface area contributed by atoms with Crippen LogP contribution in [0.1, 0.15) is 19.8 Å². The van der Waals surface area contributed by atoms with Crippen molar-refractivity contribution < 1.29 is 8.42 Å². The van der Waals surface area contributed by atoms with Crippen molar-refractivity contribution in [2.75, 3.05) is 39.0 Å². The van der Waals surface area contributed by atoms with Gasteiger partial charge < -0.3 is 10.2 Å². The monoisotopic (exact) mass is 297 g/mol. The predicted molar refractivity (Wildman–Crippen MR) is 75.7 cm³/mol. The minimum atomic E-state index is -3.06. The molecule has 2 fully saturated rings. The maximum atomic E-state index is 11.2. The second-order valence-corrected chi connectivity index (χ2v) is 7.63. The van der Waals surface area contributed by atoms with Gasteiger partial charge in [-0.2, -0.15) is 0 Å². The van der Waals surface area contributed by atoms with Gasteiger partial charge in [-0.05, 0) is 31.3 Å². The van der Waals surface area contributed by atoms with Crippen molar-refractivity contribution in [3.63, 3.8) is 0 Å². The van der Waals surface area contributed by atoms with Gasteiger partial charge in [0.05, 0.1) is 6.26 Å². The zero-order valence-corrected chi connectivity index (χ0v) is 12.7. The van der Waals surface area contributed by atoms with Gasteiger partial charge >= 0.3 is 0 Å². The number of sulfonamides is 1. The molecule has 2 heterocycles. The molecule has 0 aromatic heterocycles. The van der Waals surface area contributed by atoms with E-state index in [1.807, 2.05) is 0 Å². The topological polar surface area (TPSA) is 61.4 Å². The van der Waals surface area contributed by atoms with Crippen LogP contribution in [0.25, 0.3) is 0 Å². The van der Waals surface area contributed by atoms with Crippen LogP contribution in [0.2, 0.25) is 0 Å². The highest BCUT2D eigenvalue weighted by Gasteiger charge is 2.33. The molecule has 0 aromatic rings. The summed E-state index contributed by atoms with van der Waals surface area (Å²) in [6.45, 7) is 7.42. The maximum absolute atomic E-state index is 11.2. The Bertz CT molecular complexity index is 368. The Balaban J connectivity index is 0.00000162. The van der Waals surface area contributed by atoms with E-state index in [4.69, 9.17) is 0 Å². The lowest BCUT2D eigenvalue weighted by molar-refractivity contribution is 0.207. The number of nitrogens with zero attached hydrogens (tertiary/aromatic N) is 1. The van der Waals surface area contributed by atoms with E-state index in [1.54, 1.807) is 0 Å². The molecule has 2 atom stereocenters. The highest BCUT2D eigenvalue weighted by Crippen LogP contribution is 2.27. The fourth-order valence-corrected chi connectivity index (χ4v) is 3.72. The van der Waals surface area contributed by atoms with Crippen molar-refractivity contribution >= 4 is 22.4 Å². The number of likely N-dealkylation sites (tertiary alicyclic amines) is 1. The molecule has 0 radical (unpaired) electrons. The zero-order valence-electron chi connectivity index (χ0n) is 11.1. The summed E-state index contributed by atoms with van der Waals surface area (Å²) in [6, 6.07) is 0.1000. The summed E-state index contributed by atoms with van der Waals surface area (Å²) < 4.78 is 25.0. The molecule has 0 aliphatic carbocycles. The molecule has 0 bridgehead atoms. The third-order valence-electron chi connectivity index (χ3n) is 3.72. The first-order chi connectivity index (χ1) is 7.86. The molecular formula is C11H24ClN3O2S. The van der Waals surface area contributed by atoms with Gasteiger partial charge in [0.2, 0.25) is 10.0 Å². The first kappa shape index (κ1) is 16.2. The molecule has 0 spiro atoms. The maximum Gasteiger partial charge on any atom is 0.208 e. The third kappa shape index (κ3) is 4.66. The molecule has 18 heavy (non-hydrogen) atoms. The second kappa shape index (κ2) is 6.05. The molecule has 0 aromatic carbocycles. The smallest absolute Gasteiger partial charge is 0.208 e. The summed E-state index contributed by atoms with van der Waals surface area (Å²) >= 11 is 0. The molecule has 2 aliphatic heterocycles. The average Bonchev–Trinajstić information content (AvgIpc) is 2.74. The van der Waals surface area contributed by atoms with Crippen LogP contribution in [0.4, 0.5) is 0 Å². The van der Waals surface area contributed by atoms with Crippen LogP contribution in [-0.4, -0.2) is 58.3 Å². The highest BCUT2D eigenvalue weighted by atomic mass is 35.5. The first-order valence-corrected chi connectivity index (χ1v) is 8.16. The molecule has 7 heteroatoms. The fraction of sp³-hybridized carbons (Fsp3) is 1.00. The van der Waals surface area contributed by atoms with Gasteiger partial charge in [-0.25, -0.2) is 13.1 Å². The summed E-state index contributed by atoms with van der Waals surface area (Å²) in [4.78, 5) is 2.38. The van der Waals surface area contributed by atoms with Crippen LogP contribution in [0.15, 0.2) is 0 Å². The largest absolute Gasteiger partial charge is 0.316 e. The van der Waals surface area contributed by atoms with E-state index in [1.165, 1.54) is 12.7 Å². The van der Waals surface area contributed by atoms with Gasteiger partial charge in [-0.3, -0.25) is 0 Å². The molecule has 108 valence electrons. The van der Waals surface area contributed by atoms with Crippen LogP contribution in [0.3, 0.4) is 0 Å². The quantitative estimate of drug-likeness (QED) is 0.769. The molecule has 2 saturated heterocycles. The standard InChI is InChI=1S/C11H23N3O2S.ClH/c1-11(4-5-12-8-11)9-14-6-3-10(7-14)13-17(2,15)16;/h10,12-13H,3-9H2,1-2H3;1H. The van der Waals surface area contributed by atoms with E-state index in [2.05, 4.69) is 21.9 Å². The normalized spacial score (nSPS) is 33.6. The third-order valence-corrected chi connectivity index (χ3v) is 4.48. The van der Waals surface area contributed by atoms with Gasteiger partial charge in [0.1, 0.15) is 0 Å². The molecule has 2 N–H and O–H groups in total. The second-order valence-electron chi connectivity index (χ2n) is 5.85. The van der Waals surface area contributed by atoms with E-state index in [0.717, 1.165) is 39.1 Å². The average molecular weight is 298 g/mol. The van der Waals surface area contributed by atoms with Gasteiger partial charge in [0.25, 0.3) is 0 Å². The molecule has 0 amide bonds. The number of halogens is 1. The lowest BCUT2D eigenvalue weighted by atomic mass is 9.89. The Morgan fingerprint density at radius 1 is 1.50 bits per heavy atom. The van der Waals surface area contributed by atoms with Crippen molar-refractivity contribution in [2.45, 2.75) is 25.8 Å². The van der Waals surface area contributed by atoms with Crippen molar-refractivity contribution in [2.24, 2.45) is 5.41 Å². The first-order valence-electron chi connectivity index (χ1n) is 6.27. The van der Waals surface area contributed by atoms with E-state index < -0.39 is 10.0 Å². The van der Waals surface area contributed by atoms with Gasteiger partial charge in [-0.15, -0.1) is 12.4 Å². The minimum Gasteiger partial charge on any atom is -0.316 e. The Morgan fingerprint density at radius 3 is 2.78 bits per heavy atom. The lowest BCUT2D eigenvalue weighted by Gasteiger charge is -2.29. The fourth-order valence-electron chi connectivity index (χ4n) is 2.92. The molecule has 0 saturated carbocycles. The summed E-state index contributed by atoms with van der Waals surface area (Å²) in [5.41, 5.74) is 0.361. The molecule has 2 unspecified atom stereocenters. The van der Waals surface area contributed by atoms with Crippen LogP contribution in [-0.2, 0) is 10.0 Å². The summed E-state index contributed by atoms with van der Waals surface area (Å²) in [5.74, 6) is 0. The van der Waals surface area contributed by atoms with Gasteiger partial charge in [0, 0.05) is 25.7 Å². The van der Waals surface area contributed by atoms with Crippen molar-refractivity contribution in [1.29, 1.82) is 0 Å².